The minimum Gasteiger partial charge on any atom is -0.406 e. The fourth-order valence-corrected chi connectivity index (χ4v) is 2.70. The first-order valence-electron chi connectivity index (χ1n) is 7.64. The lowest BCUT2D eigenvalue weighted by Crippen LogP contribution is -2.17. The lowest BCUT2D eigenvalue weighted by Gasteiger charge is -2.13. The molecular formula is C16H15F3N4O3. The van der Waals surface area contributed by atoms with Gasteiger partial charge in [0.1, 0.15) is 17.4 Å². The second-order valence-corrected chi connectivity index (χ2v) is 5.71. The van der Waals surface area contributed by atoms with Gasteiger partial charge in [-0.25, -0.2) is 9.50 Å². The van der Waals surface area contributed by atoms with Crippen molar-refractivity contribution in [3.05, 3.63) is 57.5 Å². The number of imidazole rings is 1. The van der Waals surface area contributed by atoms with Gasteiger partial charge >= 0.3 is 6.36 Å². The maximum absolute atomic E-state index is 12.3. The molecule has 0 fully saturated rings. The van der Waals surface area contributed by atoms with E-state index in [-0.39, 0.29) is 17.0 Å². The lowest BCUT2D eigenvalue weighted by atomic mass is 10.0. The predicted molar refractivity (Wildman–Crippen MR) is 84.9 cm³/mol. The third kappa shape index (κ3) is 3.40. The molecule has 0 aliphatic carbocycles. The molecule has 1 atom stereocenters. The van der Waals surface area contributed by atoms with Gasteiger partial charge in [-0.1, -0.05) is 19.1 Å². The molecule has 0 spiro atoms. The van der Waals surface area contributed by atoms with Crippen molar-refractivity contribution < 1.29 is 23.0 Å². The number of nitrogens with zero attached hydrogens (tertiary/aromatic N) is 3. The summed E-state index contributed by atoms with van der Waals surface area (Å²) in [5, 5.41) is 13.7. The first kappa shape index (κ1) is 17.9. The molecule has 2 heterocycles. The van der Waals surface area contributed by atoms with Gasteiger partial charge in [-0.2, -0.15) is 5.10 Å². The number of rotatable bonds is 4. The number of aliphatic hydroxyl groups excluding tert-OH is 1. The summed E-state index contributed by atoms with van der Waals surface area (Å²) in [6, 6.07) is 5.36. The number of benzene rings is 1. The van der Waals surface area contributed by atoms with Gasteiger partial charge in [0.2, 0.25) is 0 Å². The van der Waals surface area contributed by atoms with Crippen molar-refractivity contribution in [3.8, 4) is 5.75 Å². The Hall–Kier alpha value is -2.88. The highest BCUT2D eigenvalue weighted by Gasteiger charge is 2.31. The van der Waals surface area contributed by atoms with Gasteiger partial charge in [-0.3, -0.25) is 4.79 Å². The predicted octanol–water partition coefficient (Wildman–Crippen LogP) is 2.27. The average molecular weight is 368 g/mol. The highest BCUT2D eigenvalue weighted by atomic mass is 19.4. The van der Waals surface area contributed by atoms with Crippen LogP contribution in [0.3, 0.4) is 0 Å². The molecule has 7 nitrogen and oxygen atoms in total. The van der Waals surface area contributed by atoms with E-state index in [4.69, 9.17) is 0 Å². The Bertz CT molecular complexity index is 993. The van der Waals surface area contributed by atoms with Crippen molar-refractivity contribution in [2.75, 3.05) is 0 Å². The molecule has 1 unspecified atom stereocenters. The fourth-order valence-electron chi connectivity index (χ4n) is 2.70. The molecule has 0 aliphatic heterocycles. The van der Waals surface area contributed by atoms with E-state index < -0.39 is 24.4 Å². The molecule has 0 amide bonds. The largest absolute Gasteiger partial charge is 0.573 e. The summed E-state index contributed by atoms with van der Waals surface area (Å²) in [7, 11) is 0. The summed E-state index contributed by atoms with van der Waals surface area (Å²) < 4.78 is 42.0. The van der Waals surface area contributed by atoms with Crippen molar-refractivity contribution in [3.63, 3.8) is 0 Å². The number of fused-ring (bicyclic) bond motifs is 1. The zero-order valence-electron chi connectivity index (χ0n) is 13.8. The average Bonchev–Trinajstić information content (AvgIpc) is 2.92. The number of hydrogen-bond donors (Lipinski definition) is 2. The van der Waals surface area contributed by atoms with Gasteiger partial charge < -0.3 is 14.8 Å². The number of nitrogens with one attached hydrogen (secondary N) is 1. The quantitative estimate of drug-likeness (QED) is 0.737. The van der Waals surface area contributed by atoms with E-state index in [1.54, 1.807) is 13.8 Å². The van der Waals surface area contributed by atoms with Crippen LogP contribution in [-0.4, -0.2) is 31.1 Å². The number of aromatic amines is 1. The first-order chi connectivity index (χ1) is 12.2. The van der Waals surface area contributed by atoms with Gasteiger partial charge in [0, 0.05) is 5.92 Å². The van der Waals surface area contributed by atoms with Crippen LogP contribution in [0, 0.1) is 6.92 Å². The number of aliphatic hydroxyl groups is 1. The van der Waals surface area contributed by atoms with E-state index in [9.17, 15) is 23.1 Å². The second-order valence-electron chi connectivity index (χ2n) is 5.71. The molecule has 10 heteroatoms. The van der Waals surface area contributed by atoms with Crippen LogP contribution in [0.5, 0.6) is 5.75 Å². The Morgan fingerprint density at radius 3 is 2.54 bits per heavy atom. The molecule has 2 aromatic heterocycles. The van der Waals surface area contributed by atoms with E-state index in [1.807, 2.05) is 0 Å². The van der Waals surface area contributed by atoms with E-state index in [0.717, 1.165) is 0 Å². The van der Waals surface area contributed by atoms with Crippen LogP contribution < -0.4 is 10.3 Å². The summed E-state index contributed by atoms with van der Waals surface area (Å²) in [6.07, 6.45) is -4.76. The monoisotopic (exact) mass is 368 g/mol. The standard InChI is InChI=1S/C16H15F3N4O3/c1-8(10-3-5-11(6-4-10)26-16(17,18)19)14-21-12(7-24)13-15(25)20-9(2)22-23(13)14/h3-6,8,24H,7H2,1-2H3,(H,20,22,25). The SMILES string of the molecule is Cc1nn2c(C(C)c3ccc(OC(F)(F)F)cc3)nc(CO)c2c(=O)[nH]1. The number of hydrogen-bond acceptors (Lipinski definition) is 5. The summed E-state index contributed by atoms with van der Waals surface area (Å²) in [4.78, 5) is 19.0. The van der Waals surface area contributed by atoms with Gasteiger partial charge in [0.15, 0.2) is 5.52 Å². The molecule has 0 aliphatic rings. The summed E-state index contributed by atoms with van der Waals surface area (Å²) in [6.45, 7) is 2.94. The highest BCUT2D eigenvalue weighted by Crippen LogP contribution is 2.28. The fraction of sp³-hybridized carbons (Fsp3) is 0.312. The Morgan fingerprint density at radius 2 is 1.96 bits per heavy atom. The molecule has 2 N–H and O–H groups in total. The van der Waals surface area contributed by atoms with Crippen LogP contribution in [0.15, 0.2) is 29.1 Å². The van der Waals surface area contributed by atoms with Crippen LogP contribution in [0.2, 0.25) is 0 Å². The third-order valence-electron chi connectivity index (χ3n) is 3.86. The zero-order valence-corrected chi connectivity index (χ0v) is 13.8. The lowest BCUT2D eigenvalue weighted by molar-refractivity contribution is -0.274. The second kappa shape index (κ2) is 6.45. The van der Waals surface area contributed by atoms with Crippen molar-refractivity contribution in [1.29, 1.82) is 0 Å². The van der Waals surface area contributed by atoms with Crippen LogP contribution >= 0.6 is 0 Å². The van der Waals surface area contributed by atoms with Crippen LogP contribution in [0.1, 0.15) is 35.7 Å². The minimum absolute atomic E-state index is 0.136. The molecule has 0 bridgehead atoms. The zero-order chi connectivity index (χ0) is 19.1. The highest BCUT2D eigenvalue weighted by molar-refractivity contribution is 5.51. The van der Waals surface area contributed by atoms with Gasteiger partial charge in [0.25, 0.3) is 5.56 Å². The normalized spacial score (nSPS) is 13.2. The number of aromatic nitrogens is 4. The van der Waals surface area contributed by atoms with Gasteiger partial charge in [-0.15, -0.1) is 13.2 Å². The molecule has 0 radical (unpaired) electrons. The Kier molecular flexibility index (Phi) is 4.45. The number of H-pyrrole nitrogens is 1. The summed E-state index contributed by atoms with van der Waals surface area (Å²) in [5.74, 6) is 0.0360. The maximum Gasteiger partial charge on any atom is 0.573 e. The molecule has 3 aromatic rings. The first-order valence-corrected chi connectivity index (χ1v) is 7.64. The van der Waals surface area contributed by atoms with Crippen molar-refractivity contribution >= 4 is 5.52 Å². The number of ether oxygens (including phenoxy) is 1. The van der Waals surface area contributed by atoms with E-state index in [1.165, 1.54) is 28.8 Å². The van der Waals surface area contributed by atoms with Gasteiger partial charge in [-0.05, 0) is 24.6 Å². The topological polar surface area (TPSA) is 92.5 Å². The molecule has 3 rings (SSSR count). The van der Waals surface area contributed by atoms with Crippen LogP contribution in [-0.2, 0) is 6.61 Å². The Balaban J connectivity index is 2.02. The maximum atomic E-state index is 12.3. The number of alkyl halides is 3. The smallest absolute Gasteiger partial charge is 0.406 e. The third-order valence-corrected chi connectivity index (χ3v) is 3.86. The molecule has 0 saturated carbocycles. The molecule has 26 heavy (non-hydrogen) atoms. The van der Waals surface area contributed by atoms with E-state index in [0.29, 0.717) is 17.2 Å². The molecule has 0 saturated heterocycles. The van der Waals surface area contributed by atoms with E-state index >= 15 is 0 Å². The van der Waals surface area contributed by atoms with Crippen LogP contribution in [0.25, 0.3) is 5.52 Å². The summed E-state index contributed by atoms with van der Waals surface area (Å²) in [5.41, 5.74) is 0.534. The Labute approximate surface area is 145 Å². The van der Waals surface area contributed by atoms with Gasteiger partial charge in [0.05, 0.1) is 12.3 Å². The van der Waals surface area contributed by atoms with Crippen molar-refractivity contribution in [2.45, 2.75) is 32.7 Å². The summed E-state index contributed by atoms with van der Waals surface area (Å²) >= 11 is 0. The van der Waals surface area contributed by atoms with Crippen molar-refractivity contribution in [1.82, 2.24) is 19.6 Å². The number of aryl methyl sites for hydroxylation is 1. The van der Waals surface area contributed by atoms with E-state index in [2.05, 4.69) is 19.8 Å². The molecule has 1 aromatic carbocycles. The Morgan fingerprint density at radius 1 is 1.31 bits per heavy atom. The molecule has 138 valence electrons. The number of halogens is 3. The molecular weight excluding hydrogens is 353 g/mol. The minimum atomic E-state index is -4.76. The van der Waals surface area contributed by atoms with Crippen LogP contribution in [0.4, 0.5) is 13.2 Å². The van der Waals surface area contributed by atoms with Crippen molar-refractivity contribution in [2.24, 2.45) is 0 Å².